The molecule has 1 unspecified atom stereocenters. The normalized spacial score (nSPS) is 45.1. The molecule has 2 fully saturated rings. The van der Waals surface area contributed by atoms with Gasteiger partial charge >= 0.3 is 0 Å². The van der Waals surface area contributed by atoms with Crippen molar-refractivity contribution in [2.24, 2.45) is 39.4 Å². The van der Waals surface area contributed by atoms with Crippen molar-refractivity contribution in [3.8, 4) is 0 Å². The molecule has 0 aromatic rings. The lowest BCUT2D eigenvalue weighted by molar-refractivity contribution is -0.0960. The number of hydrogen-bond donors (Lipinski definition) is 1. The van der Waals surface area contributed by atoms with E-state index in [2.05, 4.69) is 73.6 Å². The Kier molecular flexibility index (Phi) is 5.73. The van der Waals surface area contributed by atoms with Crippen LogP contribution in [-0.2, 0) is 0 Å². The highest BCUT2D eigenvalue weighted by atomic mass is 16.3. The highest BCUT2D eigenvalue weighted by Gasteiger charge is 2.63. The second-order valence-electron chi connectivity index (χ2n) is 13.2. The SMILES string of the molecule is CC(C)=C/C=C/C(C)[C@H]1CC[C@@]2(C)C3=C(CC[C@]12C)[C@@]1(C)CC[C@H](O)C(C)(C)[C@@H]1CC3. The predicted octanol–water partition coefficient (Wildman–Crippen LogP) is 8.26. The fourth-order valence-electron chi connectivity index (χ4n) is 9.12. The maximum absolute atomic E-state index is 10.8. The molecule has 4 aliphatic carbocycles. The van der Waals surface area contributed by atoms with Crippen molar-refractivity contribution in [1.29, 1.82) is 0 Å². The van der Waals surface area contributed by atoms with Crippen LogP contribution in [0.25, 0.3) is 0 Å². The molecule has 4 rings (SSSR count). The van der Waals surface area contributed by atoms with Crippen molar-refractivity contribution >= 4 is 0 Å². The topological polar surface area (TPSA) is 20.2 Å². The Labute approximate surface area is 192 Å². The minimum atomic E-state index is -0.138. The van der Waals surface area contributed by atoms with Crippen LogP contribution >= 0.6 is 0 Å². The van der Waals surface area contributed by atoms with Crippen LogP contribution in [0.3, 0.4) is 0 Å². The highest BCUT2D eigenvalue weighted by molar-refractivity contribution is 5.39. The van der Waals surface area contributed by atoms with Crippen LogP contribution in [-0.4, -0.2) is 11.2 Å². The fraction of sp³-hybridized carbons (Fsp3) is 0.800. The standard InChI is InChI=1S/C30H48O/c1-20(2)10-9-11-21(3)22-14-18-30(8)24-12-13-25-27(4,5)26(31)16-17-28(25,6)23(24)15-19-29(22,30)7/h9-11,21-22,25-26,31H,12-19H2,1-8H3/b11-9+/t21?,22-,25+,26+,28-,29-,30+/m1/s1. The number of rotatable bonds is 3. The van der Waals surface area contributed by atoms with Gasteiger partial charge in [0.25, 0.3) is 0 Å². The van der Waals surface area contributed by atoms with E-state index in [1.54, 1.807) is 0 Å². The Morgan fingerprint density at radius 1 is 0.935 bits per heavy atom. The minimum absolute atomic E-state index is 0.0373. The van der Waals surface area contributed by atoms with E-state index in [0.29, 0.717) is 28.1 Å². The van der Waals surface area contributed by atoms with Gasteiger partial charge in [-0.3, -0.25) is 0 Å². The number of allylic oxidation sites excluding steroid dienone is 6. The molecule has 0 radical (unpaired) electrons. The van der Waals surface area contributed by atoms with Crippen LogP contribution in [0.4, 0.5) is 0 Å². The van der Waals surface area contributed by atoms with Crippen LogP contribution in [0.1, 0.15) is 107 Å². The van der Waals surface area contributed by atoms with Crippen molar-refractivity contribution < 1.29 is 5.11 Å². The molecule has 1 nitrogen and oxygen atoms in total. The van der Waals surface area contributed by atoms with Gasteiger partial charge in [0.1, 0.15) is 0 Å². The van der Waals surface area contributed by atoms with Crippen LogP contribution in [0.2, 0.25) is 0 Å². The maximum atomic E-state index is 10.8. The van der Waals surface area contributed by atoms with Gasteiger partial charge in [-0.1, -0.05) is 76.5 Å². The van der Waals surface area contributed by atoms with Gasteiger partial charge in [0.15, 0.2) is 0 Å². The van der Waals surface area contributed by atoms with Gasteiger partial charge in [-0.05, 0) is 105 Å². The third-order valence-electron chi connectivity index (χ3n) is 11.3. The minimum Gasteiger partial charge on any atom is -0.393 e. The molecule has 4 aliphatic rings. The van der Waals surface area contributed by atoms with Crippen LogP contribution < -0.4 is 0 Å². The summed E-state index contributed by atoms with van der Waals surface area (Å²) in [7, 11) is 0. The largest absolute Gasteiger partial charge is 0.393 e. The summed E-state index contributed by atoms with van der Waals surface area (Å²) in [6.07, 6.45) is 17.0. The zero-order valence-corrected chi connectivity index (χ0v) is 21.6. The molecule has 2 saturated carbocycles. The lowest BCUT2D eigenvalue weighted by Gasteiger charge is -2.62. The lowest BCUT2D eigenvalue weighted by atomic mass is 9.43. The molecule has 0 heterocycles. The molecule has 1 N–H and O–H groups in total. The third kappa shape index (κ3) is 3.27. The van der Waals surface area contributed by atoms with Crippen molar-refractivity contribution in [2.75, 3.05) is 0 Å². The number of hydrogen-bond acceptors (Lipinski definition) is 1. The first kappa shape index (κ1) is 23.3. The Balaban J connectivity index is 1.69. The lowest BCUT2D eigenvalue weighted by Crippen LogP contribution is -2.55. The number of aliphatic hydroxyl groups is 1. The molecule has 0 aromatic carbocycles. The molecule has 1 heteroatoms. The first-order valence-electron chi connectivity index (χ1n) is 13.1. The zero-order chi connectivity index (χ0) is 22.8. The Morgan fingerprint density at radius 3 is 2.32 bits per heavy atom. The van der Waals surface area contributed by atoms with E-state index < -0.39 is 0 Å². The van der Waals surface area contributed by atoms with E-state index >= 15 is 0 Å². The summed E-state index contributed by atoms with van der Waals surface area (Å²) < 4.78 is 0. The van der Waals surface area contributed by atoms with E-state index in [1.807, 2.05) is 11.1 Å². The van der Waals surface area contributed by atoms with Crippen LogP contribution in [0.15, 0.2) is 34.9 Å². The van der Waals surface area contributed by atoms with Crippen molar-refractivity contribution in [1.82, 2.24) is 0 Å². The average Bonchev–Trinajstić information content (AvgIpc) is 2.96. The van der Waals surface area contributed by atoms with E-state index in [-0.39, 0.29) is 11.5 Å². The smallest absolute Gasteiger partial charge is 0.0594 e. The molecule has 174 valence electrons. The molecular weight excluding hydrogens is 376 g/mol. The second kappa shape index (κ2) is 7.61. The molecule has 0 amide bonds. The van der Waals surface area contributed by atoms with Gasteiger partial charge in [-0.15, -0.1) is 0 Å². The molecule has 0 saturated heterocycles. The highest BCUT2D eigenvalue weighted by Crippen LogP contribution is 2.72. The summed E-state index contributed by atoms with van der Waals surface area (Å²) in [6, 6.07) is 0. The summed E-state index contributed by atoms with van der Waals surface area (Å²) >= 11 is 0. The summed E-state index contributed by atoms with van der Waals surface area (Å²) in [4.78, 5) is 0. The van der Waals surface area contributed by atoms with E-state index in [0.717, 1.165) is 12.3 Å². The first-order valence-corrected chi connectivity index (χ1v) is 13.1. The molecule has 0 spiro atoms. The number of aliphatic hydroxyl groups excluding tert-OH is 1. The van der Waals surface area contributed by atoms with Gasteiger partial charge in [-0.2, -0.15) is 0 Å². The first-order chi connectivity index (χ1) is 14.4. The third-order valence-corrected chi connectivity index (χ3v) is 11.3. The maximum Gasteiger partial charge on any atom is 0.0594 e. The average molecular weight is 425 g/mol. The molecule has 0 bridgehead atoms. The van der Waals surface area contributed by atoms with Crippen molar-refractivity contribution in [2.45, 2.75) is 113 Å². The van der Waals surface area contributed by atoms with Crippen LogP contribution in [0, 0.1) is 39.4 Å². The van der Waals surface area contributed by atoms with E-state index in [4.69, 9.17) is 0 Å². The van der Waals surface area contributed by atoms with Gasteiger partial charge < -0.3 is 5.11 Å². The quantitative estimate of drug-likeness (QED) is 0.357. The Morgan fingerprint density at radius 2 is 1.65 bits per heavy atom. The van der Waals surface area contributed by atoms with Crippen molar-refractivity contribution in [3.63, 3.8) is 0 Å². The predicted molar refractivity (Wildman–Crippen MR) is 133 cm³/mol. The Bertz CT molecular complexity index is 808. The molecule has 7 atom stereocenters. The summed E-state index contributed by atoms with van der Waals surface area (Å²) in [5.41, 5.74) is 6.17. The second-order valence-corrected chi connectivity index (χ2v) is 13.2. The monoisotopic (exact) mass is 424 g/mol. The fourth-order valence-corrected chi connectivity index (χ4v) is 9.12. The van der Waals surface area contributed by atoms with E-state index in [9.17, 15) is 5.11 Å². The molecule has 31 heavy (non-hydrogen) atoms. The summed E-state index contributed by atoms with van der Waals surface area (Å²) in [6.45, 7) is 19.4. The van der Waals surface area contributed by atoms with Gasteiger partial charge in [0, 0.05) is 0 Å². The molecular formula is C30H48O. The van der Waals surface area contributed by atoms with Gasteiger partial charge in [0.05, 0.1) is 6.10 Å². The molecule has 0 aromatic heterocycles. The van der Waals surface area contributed by atoms with Gasteiger partial charge in [-0.25, -0.2) is 0 Å². The summed E-state index contributed by atoms with van der Waals surface area (Å²) in [5.74, 6) is 2.04. The zero-order valence-electron chi connectivity index (χ0n) is 21.6. The molecule has 0 aliphatic heterocycles. The summed E-state index contributed by atoms with van der Waals surface area (Å²) in [5, 5.41) is 10.8. The van der Waals surface area contributed by atoms with Crippen molar-refractivity contribution in [3.05, 3.63) is 34.9 Å². The van der Waals surface area contributed by atoms with Gasteiger partial charge in [0.2, 0.25) is 0 Å². The number of fused-ring (bicyclic) bond motifs is 4. The van der Waals surface area contributed by atoms with Crippen LogP contribution in [0.5, 0.6) is 0 Å². The van der Waals surface area contributed by atoms with E-state index in [1.165, 1.54) is 50.5 Å². The Hall–Kier alpha value is -0.820.